The summed E-state index contributed by atoms with van der Waals surface area (Å²) in [6.45, 7) is 4.96. The predicted molar refractivity (Wildman–Crippen MR) is 112 cm³/mol. The second kappa shape index (κ2) is 7.92. The molecule has 3 atom stereocenters. The topological polar surface area (TPSA) is 94.9 Å². The Hall–Kier alpha value is -3.43. The van der Waals surface area contributed by atoms with Crippen molar-refractivity contribution in [3.63, 3.8) is 0 Å². The van der Waals surface area contributed by atoms with Crippen LogP contribution in [0.2, 0.25) is 0 Å². The van der Waals surface area contributed by atoms with E-state index in [1.54, 1.807) is 31.8 Å². The van der Waals surface area contributed by atoms with E-state index >= 15 is 0 Å². The number of nitrogens with one attached hydrogen (secondary N) is 1. The van der Waals surface area contributed by atoms with E-state index in [0.29, 0.717) is 0 Å². The van der Waals surface area contributed by atoms with Crippen LogP contribution in [0, 0.1) is 12.7 Å². The van der Waals surface area contributed by atoms with E-state index in [2.05, 4.69) is 5.32 Å². The van der Waals surface area contributed by atoms with Crippen molar-refractivity contribution >= 4 is 11.8 Å². The SMILES string of the molecule is Cc1ccc(CNC(=O)c2cn3c(c(O)c2=O)C(=O)N2CN3[C@@H](C)C[C@H](F)[C@@H]2C)c(F)c1. The highest BCUT2D eigenvalue weighted by Gasteiger charge is 2.43. The number of carbonyl (C=O) groups is 2. The summed E-state index contributed by atoms with van der Waals surface area (Å²) < 4.78 is 29.9. The standard InChI is InChI=1S/C22H24F2N4O4/c1-11-4-5-14(17(24)6-11)8-25-21(31)15-9-27-18(20(30)19(15)29)22(32)26-10-28(27)12(2)7-16(23)13(26)3/h4-6,9,12-13,16,30H,7-8,10H2,1-3H3,(H,25,31)/t12-,13-,16-/m0/s1. The van der Waals surface area contributed by atoms with Crippen LogP contribution in [-0.2, 0) is 6.54 Å². The molecule has 2 N–H and O–H groups in total. The van der Waals surface area contributed by atoms with E-state index in [1.807, 2.05) is 0 Å². The maximum atomic E-state index is 14.6. The molecule has 2 aliphatic heterocycles. The second-order valence-corrected chi connectivity index (χ2v) is 8.39. The molecule has 8 nitrogen and oxygen atoms in total. The summed E-state index contributed by atoms with van der Waals surface area (Å²) in [6.07, 6.45) is 0.0218. The third kappa shape index (κ3) is 3.49. The first-order chi connectivity index (χ1) is 15.1. The van der Waals surface area contributed by atoms with Crippen molar-refractivity contribution in [3.8, 4) is 5.75 Å². The summed E-state index contributed by atoms with van der Waals surface area (Å²) in [5.74, 6) is -2.88. The molecule has 1 aromatic heterocycles. The molecule has 0 saturated carbocycles. The van der Waals surface area contributed by atoms with Gasteiger partial charge in [-0.2, -0.15) is 0 Å². The summed E-state index contributed by atoms with van der Waals surface area (Å²) in [7, 11) is 0. The third-order valence-corrected chi connectivity index (χ3v) is 6.18. The third-order valence-electron chi connectivity index (χ3n) is 6.18. The normalized spacial score (nSPS) is 22.4. The number of aryl methyl sites for hydroxylation is 1. The first-order valence-electron chi connectivity index (χ1n) is 10.3. The fraction of sp³-hybridized carbons (Fsp3) is 0.409. The van der Waals surface area contributed by atoms with Gasteiger partial charge in [0.2, 0.25) is 5.43 Å². The van der Waals surface area contributed by atoms with Gasteiger partial charge in [0, 0.05) is 30.8 Å². The molecule has 0 radical (unpaired) electrons. The van der Waals surface area contributed by atoms with E-state index in [0.717, 1.165) is 5.56 Å². The Morgan fingerprint density at radius 2 is 2.00 bits per heavy atom. The molecule has 1 saturated heterocycles. The van der Waals surface area contributed by atoms with Crippen molar-refractivity contribution in [3.05, 3.63) is 62.8 Å². The first-order valence-corrected chi connectivity index (χ1v) is 10.3. The zero-order valence-electron chi connectivity index (χ0n) is 17.9. The number of rotatable bonds is 3. The van der Waals surface area contributed by atoms with Gasteiger partial charge in [-0.1, -0.05) is 12.1 Å². The first kappa shape index (κ1) is 21.8. The van der Waals surface area contributed by atoms with Crippen LogP contribution in [0.3, 0.4) is 0 Å². The number of hydrogen-bond donors (Lipinski definition) is 2. The lowest BCUT2D eigenvalue weighted by Gasteiger charge is -2.41. The van der Waals surface area contributed by atoms with Crippen molar-refractivity contribution in [2.45, 2.75) is 52.0 Å². The van der Waals surface area contributed by atoms with E-state index < -0.39 is 46.6 Å². The minimum absolute atomic E-state index is 0.0481. The summed E-state index contributed by atoms with van der Waals surface area (Å²) in [5.41, 5.74) is -0.771. The minimum Gasteiger partial charge on any atom is -0.502 e. The molecule has 3 heterocycles. The largest absolute Gasteiger partial charge is 0.502 e. The quantitative estimate of drug-likeness (QED) is 0.750. The van der Waals surface area contributed by atoms with Crippen LogP contribution in [0.4, 0.5) is 8.78 Å². The predicted octanol–water partition coefficient (Wildman–Crippen LogP) is 1.80. The van der Waals surface area contributed by atoms with E-state index in [1.165, 1.54) is 27.9 Å². The number of fused-ring (bicyclic) bond motifs is 4. The van der Waals surface area contributed by atoms with Crippen molar-refractivity contribution in [1.29, 1.82) is 0 Å². The Balaban J connectivity index is 1.70. The highest BCUT2D eigenvalue weighted by molar-refractivity contribution is 5.99. The smallest absolute Gasteiger partial charge is 0.278 e. The summed E-state index contributed by atoms with van der Waals surface area (Å²) in [4.78, 5) is 39.7. The number of benzene rings is 1. The van der Waals surface area contributed by atoms with Gasteiger partial charge in [-0.15, -0.1) is 0 Å². The van der Waals surface area contributed by atoms with Crippen LogP contribution in [0.5, 0.6) is 5.75 Å². The van der Waals surface area contributed by atoms with E-state index in [9.17, 15) is 28.3 Å². The molecule has 0 aliphatic carbocycles. The average molecular weight is 446 g/mol. The molecule has 1 aromatic carbocycles. The number of carbonyl (C=O) groups excluding carboxylic acids is 2. The van der Waals surface area contributed by atoms with Crippen LogP contribution in [0.1, 0.15) is 52.2 Å². The molecule has 2 amide bonds. The van der Waals surface area contributed by atoms with Crippen LogP contribution < -0.4 is 15.8 Å². The lowest BCUT2D eigenvalue weighted by atomic mass is 10.1. The lowest BCUT2D eigenvalue weighted by molar-refractivity contribution is 0.0553. The zero-order valence-corrected chi connectivity index (χ0v) is 17.9. The van der Waals surface area contributed by atoms with Gasteiger partial charge in [0.15, 0.2) is 11.4 Å². The molecule has 2 aromatic rings. The average Bonchev–Trinajstić information content (AvgIpc) is 2.83. The molecule has 2 bridgehead atoms. The number of halogens is 2. The lowest BCUT2D eigenvalue weighted by Crippen LogP contribution is -2.57. The molecular formula is C22H24F2N4O4. The Bertz CT molecular complexity index is 1170. The number of aromatic nitrogens is 1. The molecule has 32 heavy (non-hydrogen) atoms. The molecule has 4 rings (SSSR count). The second-order valence-electron chi connectivity index (χ2n) is 8.39. The summed E-state index contributed by atoms with van der Waals surface area (Å²) in [6, 6.07) is 3.46. The van der Waals surface area contributed by atoms with Gasteiger partial charge in [-0.3, -0.25) is 24.1 Å². The van der Waals surface area contributed by atoms with Crippen LogP contribution >= 0.6 is 0 Å². The molecule has 2 aliphatic rings. The fourth-order valence-corrected chi connectivity index (χ4v) is 4.15. The number of nitrogens with zero attached hydrogens (tertiary/aromatic N) is 3. The van der Waals surface area contributed by atoms with E-state index in [-0.39, 0.29) is 36.9 Å². The van der Waals surface area contributed by atoms with Gasteiger partial charge in [-0.25, -0.2) is 8.78 Å². The monoisotopic (exact) mass is 446 g/mol. The highest BCUT2D eigenvalue weighted by Crippen LogP contribution is 2.30. The van der Waals surface area contributed by atoms with E-state index in [4.69, 9.17) is 0 Å². The Morgan fingerprint density at radius 3 is 2.69 bits per heavy atom. The highest BCUT2D eigenvalue weighted by atomic mass is 19.1. The molecular weight excluding hydrogens is 422 g/mol. The van der Waals surface area contributed by atoms with Gasteiger partial charge in [0.05, 0.1) is 6.04 Å². The number of amides is 2. The van der Waals surface area contributed by atoms with Crippen molar-refractivity contribution in [1.82, 2.24) is 14.9 Å². The molecule has 10 heteroatoms. The molecule has 0 spiro atoms. The van der Waals surface area contributed by atoms with Crippen LogP contribution in [0.25, 0.3) is 0 Å². The van der Waals surface area contributed by atoms with Gasteiger partial charge >= 0.3 is 0 Å². The summed E-state index contributed by atoms with van der Waals surface area (Å²) >= 11 is 0. The van der Waals surface area contributed by atoms with Crippen LogP contribution in [-0.4, -0.2) is 51.4 Å². The van der Waals surface area contributed by atoms with Crippen LogP contribution in [0.15, 0.2) is 29.2 Å². The Labute approximate surface area is 183 Å². The number of aromatic hydroxyl groups is 1. The van der Waals surface area contributed by atoms with Crippen molar-refractivity contribution in [2.24, 2.45) is 0 Å². The number of pyridine rings is 1. The van der Waals surface area contributed by atoms with Crippen molar-refractivity contribution < 1.29 is 23.5 Å². The summed E-state index contributed by atoms with van der Waals surface area (Å²) in [5, 5.41) is 14.7. The molecule has 1 fully saturated rings. The number of alkyl halides is 1. The fourth-order valence-electron chi connectivity index (χ4n) is 4.15. The van der Waals surface area contributed by atoms with Crippen molar-refractivity contribution in [2.75, 3.05) is 11.7 Å². The Kier molecular flexibility index (Phi) is 5.39. The Morgan fingerprint density at radius 1 is 1.28 bits per heavy atom. The number of hydrogen-bond acceptors (Lipinski definition) is 5. The molecule has 0 unspecified atom stereocenters. The maximum Gasteiger partial charge on any atom is 0.278 e. The van der Waals surface area contributed by atoms with Gasteiger partial charge < -0.3 is 15.3 Å². The molecule has 170 valence electrons. The van der Waals surface area contributed by atoms with Gasteiger partial charge in [0.25, 0.3) is 11.8 Å². The van der Waals surface area contributed by atoms with Gasteiger partial charge in [0.1, 0.15) is 24.2 Å². The van der Waals surface area contributed by atoms with Gasteiger partial charge in [-0.05, 0) is 32.4 Å². The zero-order chi connectivity index (χ0) is 23.3. The maximum absolute atomic E-state index is 14.6. The minimum atomic E-state index is -1.28.